The first-order valence-corrected chi connectivity index (χ1v) is 5.40. The van der Waals surface area contributed by atoms with Gasteiger partial charge in [-0.05, 0) is 18.6 Å². The molecule has 1 aliphatic rings. The summed E-state index contributed by atoms with van der Waals surface area (Å²) in [4.78, 5) is 13.8. The summed E-state index contributed by atoms with van der Waals surface area (Å²) in [5, 5.41) is 6.55. The summed E-state index contributed by atoms with van der Waals surface area (Å²) in [7, 11) is 0. The third kappa shape index (κ3) is 1.57. The Balaban J connectivity index is 1.84. The van der Waals surface area contributed by atoms with E-state index in [9.17, 15) is 4.79 Å². The number of carbonyl (C=O) groups is 1. The molecule has 0 saturated heterocycles. The van der Waals surface area contributed by atoms with E-state index in [1.165, 1.54) is 0 Å². The van der Waals surface area contributed by atoms with Crippen LogP contribution in [0.4, 0.5) is 5.82 Å². The molecule has 1 aliphatic heterocycles. The van der Waals surface area contributed by atoms with Crippen molar-refractivity contribution in [3.63, 3.8) is 0 Å². The van der Waals surface area contributed by atoms with Gasteiger partial charge in [-0.25, -0.2) is 0 Å². The molecule has 0 radical (unpaired) electrons. The molecule has 0 spiro atoms. The van der Waals surface area contributed by atoms with Gasteiger partial charge in [-0.15, -0.1) is 0 Å². The van der Waals surface area contributed by atoms with E-state index in [0.29, 0.717) is 24.6 Å². The average molecular weight is 232 g/mol. The topological polar surface area (TPSA) is 88.2 Å². The zero-order valence-corrected chi connectivity index (χ0v) is 9.14. The molecule has 0 fully saturated rings. The fourth-order valence-electron chi connectivity index (χ4n) is 2.06. The Hall–Kier alpha value is -2.24. The third-order valence-electron chi connectivity index (χ3n) is 2.96. The molecule has 0 aromatic carbocycles. The van der Waals surface area contributed by atoms with Crippen molar-refractivity contribution in [3.05, 3.63) is 35.4 Å². The summed E-state index contributed by atoms with van der Waals surface area (Å²) in [5.74, 6) is 1.12. The molecule has 2 aromatic heterocycles. The number of nitrogens with two attached hydrogens (primary N) is 1. The van der Waals surface area contributed by atoms with E-state index >= 15 is 0 Å². The highest BCUT2D eigenvalue weighted by Gasteiger charge is 2.28. The Morgan fingerprint density at radius 2 is 2.47 bits per heavy atom. The molecule has 0 saturated carbocycles. The first-order chi connectivity index (χ1) is 8.25. The third-order valence-corrected chi connectivity index (χ3v) is 2.96. The van der Waals surface area contributed by atoms with Gasteiger partial charge in [-0.1, -0.05) is 0 Å². The van der Waals surface area contributed by atoms with Crippen LogP contribution in [-0.4, -0.2) is 27.5 Å². The molecular weight excluding hydrogens is 220 g/mol. The van der Waals surface area contributed by atoms with E-state index in [4.69, 9.17) is 10.2 Å². The van der Waals surface area contributed by atoms with Crippen molar-refractivity contribution in [1.29, 1.82) is 0 Å². The monoisotopic (exact) mass is 232 g/mol. The van der Waals surface area contributed by atoms with Gasteiger partial charge in [0.15, 0.2) is 0 Å². The van der Waals surface area contributed by atoms with Gasteiger partial charge in [-0.3, -0.25) is 9.89 Å². The molecule has 0 aliphatic carbocycles. The van der Waals surface area contributed by atoms with Crippen molar-refractivity contribution >= 4 is 11.7 Å². The summed E-state index contributed by atoms with van der Waals surface area (Å²) in [6.45, 7) is 1.11. The highest BCUT2D eigenvalue weighted by Crippen LogP contribution is 2.22. The summed E-state index contributed by atoms with van der Waals surface area (Å²) < 4.78 is 5.23. The minimum Gasteiger partial charge on any atom is -0.467 e. The number of anilines is 1. The van der Waals surface area contributed by atoms with Crippen molar-refractivity contribution in [3.8, 4) is 0 Å². The Kier molecular flexibility index (Phi) is 2.14. The van der Waals surface area contributed by atoms with Crippen LogP contribution < -0.4 is 5.73 Å². The molecule has 0 bridgehead atoms. The smallest absolute Gasteiger partial charge is 0.272 e. The zero-order chi connectivity index (χ0) is 11.8. The SMILES string of the molecule is Nc1n[nH]c2c1CCN(Cc1ccco1)C2=O. The maximum Gasteiger partial charge on any atom is 0.272 e. The number of furan rings is 1. The molecule has 88 valence electrons. The van der Waals surface area contributed by atoms with Gasteiger partial charge in [0.2, 0.25) is 0 Å². The Morgan fingerprint density at radius 3 is 3.24 bits per heavy atom. The number of aromatic nitrogens is 2. The van der Waals surface area contributed by atoms with Crippen LogP contribution in [-0.2, 0) is 13.0 Å². The lowest BCUT2D eigenvalue weighted by atomic mass is 10.1. The average Bonchev–Trinajstić information content (AvgIpc) is 2.93. The molecule has 6 nitrogen and oxygen atoms in total. The molecule has 2 aromatic rings. The normalized spacial score (nSPS) is 15.1. The van der Waals surface area contributed by atoms with Gasteiger partial charge < -0.3 is 15.1 Å². The number of nitrogen functional groups attached to an aromatic ring is 1. The number of rotatable bonds is 2. The number of amides is 1. The minimum absolute atomic E-state index is 0.0770. The molecular formula is C11H12N4O2. The Bertz CT molecular complexity index is 544. The number of hydrogen-bond donors (Lipinski definition) is 2. The van der Waals surface area contributed by atoms with Gasteiger partial charge in [0.25, 0.3) is 5.91 Å². The summed E-state index contributed by atoms with van der Waals surface area (Å²) in [6, 6.07) is 3.66. The van der Waals surface area contributed by atoms with Crippen LogP contribution in [0.2, 0.25) is 0 Å². The molecule has 17 heavy (non-hydrogen) atoms. The summed E-state index contributed by atoms with van der Waals surface area (Å²) in [6.07, 6.45) is 2.33. The number of carbonyl (C=O) groups excluding carboxylic acids is 1. The zero-order valence-electron chi connectivity index (χ0n) is 9.14. The van der Waals surface area contributed by atoms with Gasteiger partial charge in [0.1, 0.15) is 17.3 Å². The lowest BCUT2D eigenvalue weighted by molar-refractivity contribution is 0.0709. The minimum atomic E-state index is -0.0770. The Labute approximate surface area is 97.4 Å². The van der Waals surface area contributed by atoms with E-state index < -0.39 is 0 Å². The lowest BCUT2D eigenvalue weighted by Crippen LogP contribution is -2.37. The highest BCUT2D eigenvalue weighted by molar-refractivity contribution is 5.95. The van der Waals surface area contributed by atoms with E-state index in [-0.39, 0.29) is 5.91 Å². The first kappa shape index (κ1) is 9.95. The molecule has 3 heterocycles. The van der Waals surface area contributed by atoms with Gasteiger partial charge in [0.05, 0.1) is 12.8 Å². The van der Waals surface area contributed by atoms with E-state index in [1.54, 1.807) is 11.2 Å². The number of aromatic amines is 1. The van der Waals surface area contributed by atoms with E-state index in [2.05, 4.69) is 10.2 Å². The molecule has 3 N–H and O–H groups in total. The van der Waals surface area contributed by atoms with E-state index in [1.807, 2.05) is 12.1 Å². The second-order valence-corrected chi connectivity index (χ2v) is 4.02. The largest absolute Gasteiger partial charge is 0.467 e. The number of fused-ring (bicyclic) bond motifs is 1. The van der Waals surface area contributed by atoms with Crippen molar-refractivity contribution in [2.24, 2.45) is 0 Å². The standard InChI is InChI=1S/C11H12N4O2/c12-10-8-3-4-15(6-7-2-1-5-17-7)11(16)9(8)13-14-10/h1-2,5H,3-4,6H2,(H3,12,13,14). The fraction of sp³-hybridized carbons (Fsp3) is 0.273. The number of H-pyrrole nitrogens is 1. The summed E-state index contributed by atoms with van der Waals surface area (Å²) >= 11 is 0. The first-order valence-electron chi connectivity index (χ1n) is 5.40. The fourth-order valence-corrected chi connectivity index (χ4v) is 2.06. The second-order valence-electron chi connectivity index (χ2n) is 4.02. The van der Waals surface area contributed by atoms with Crippen LogP contribution in [0, 0.1) is 0 Å². The highest BCUT2D eigenvalue weighted by atomic mass is 16.3. The van der Waals surface area contributed by atoms with Gasteiger partial charge in [0, 0.05) is 12.1 Å². The van der Waals surface area contributed by atoms with E-state index in [0.717, 1.165) is 17.7 Å². The molecule has 6 heteroatoms. The van der Waals surface area contributed by atoms with Crippen molar-refractivity contribution in [2.45, 2.75) is 13.0 Å². The van der Waals surface area contributed by atoms with Crippen LogP contribution in [0.3, 0.4) is 0 Å². The molecule has 1 amide bonds. The van der Waals surface area contributed by atoms with Crippen molar-refractivity contribution in [2.75, 3.05) is 12.3 Å². The van der Waals surface area contributed by atoms with Crippen LogP contribution in [0.1, 0.15) is 21.8 Å². The Morgan fingerprint density at radius 1 is 1.59 bits per heavy atom. The van der Waals surface area contributed by atoms with Crippen LogP contribution in [0.5, 0.6) is 0 Å². The predicted molar refractivity (Wildman–Crippen MR) is 60.2 cm³/mol. The van der Waals surface area contributed by atoms with Crippen LogP contribution in [0.25, 0.3) is 0 Å². The van der Waals surface area contributed by atoms with Gasteiger partial charge in [-0.2, -0.15) is 5.10 Å². The molecule has 0 atom stereocenters. The summed E-state index contributed by atoms with van der Waals surface area (Å²) in [5.41, 5.74) is 7.00. The molecule has 0 unspecified atom stereocenters. The maximum absolute atomic E-state index is 12.1. The van der Waals surface area contributed by atoms with Crippen LogP contribution in [0.15, 0.2) is 22.8 Å². The van der Waals surface area contributed by atoms with Crippen molar-refractivity contribution < 1.29 is 9.21 Å². The second kappa shape index (κ2) is 3.65. The quantitative estimate of drug-likeness (QED) is 0.801. The number of nitrogens with zero attached hydrogens (tertiary/aromatic N) is 2. The lowest BCUT2D eigenvalue weighted by Gasteiger charge is -2.25. The van der Waals surface area contributed by atoms with Crippen LogP contribution >= 0.6 is 0 Å². The molecule has 3 rings (SSSR count). The maximum atomic E-state index is 12.1. The number of hydrogen-bond acceptors (Lipinski definition) is 4. The predicted octanol–water partition coefficient (Wildman–Crippen LogP) is 0.783. The van der Waals surface area contributed by atoms with Crippen molar-refractivity contribution in [1.82, 2.24) is 15.1 Å². The number of nitrogens with one attached hydrogen (secondary N) is 1. The van der Waals surface area contributed by atoms with Gasteiger partial charge >= 0.3 is 0 Å².